The van der Waals surface area contributed by atoms with E-state index in [0.29, 0.717) is 11.8 Å². The van der Waals surface area contributed by atoms with Crippen LogP contribution >= 0.6 is 0 Å². The smallest absolute Gasteiger partial charge is 0.181 e. The molecule has 2 aromatic rings. The Kier molecular flexibility index (Phi) is 5.97. The van der Waals surface area contributed by atoms with Gasteiger partial charge >= 0.3 is 0 Å². The second-order valence-electron chi connectivity index (χ2n) is 5.27. The molecule has 0 saturated carbocycles. The van der Waals surface area contributed by atoms with Crippen LogP contribution in [0.3, 0.4) is 0 Å². The van der Waals surface area contributed by atoms with Gasteiger partial charge in [0, 0.05) is 48.0 Å². The summed E-state index contributed by atoms with van der Waals surface area (Å²) in [6, 6.07) is 6.30. The van der Waals surface area contributed by atoms with E-state index in [1.54, 1.807) is 24.5 Å². The number of rotatable bonds is 2. The molecule has 0 spiro atoms. The van der Waals surface area contributed by atoms with Crippen LogP contribution in [-0.4, -0.2) is 9.97 Å². The molecule has 108 valence electrons. The molecule has 0 aliphatic heterocycles. The third-order valence-electron chi connectivity index (χ3n) is 2.83. The summed E-state index contributed by atoms with van der Waals surface area (Å²) >= 11 is 0. The summed E-state index contributed by atoms with van der Waals surface area (Å²) in [5.41, 5.74) is 2.13. The van der Waals surface area contributed by atoms with Crippen molar-refractivity contribution in [3.63, 3.8) is 0 Å². The van der Waals surface area contributed by atoms with Crippen LogP contribution in [-0.2, 0) is 0 Å². The monoisotopic (exact) mass is 274 g/mol. The van der Waals surface area contributed by atoms with E-state index < -0.39 is 0 Å². The second-order valence-corrected chi connectivity index (χ2v) is 5.27. The maximum absolute atomic E-state index is 10.8. The minimum Gasteiger partial charge on any atom is -0.365 e. The minimum atomic E-state index is 0.0717. The van der Waals surface area contributed by atoms with Crippen LogP contribution in [0, 0.1) is 0 Å². The molecule has 0 aromatic carbocycles. The Morgan fingerprint density at radius 3 is 1.30 bits per heavy atom. The third-order valence-corrected chi connectivity index (χ3v) is 2.83. The zero-order valence-corrected chi connectivity index (χ0v) is 12.4. The average Bonchev–Trinajstić information content (AvgIpc) is 2.39. The fourth-order valence-electron chi connectivity index (χ4n) is 1.59. The van der Waals surface area contributed by atoms with E-state index in [0.717, 1.165) is 11.4 Å². The topological polar surface area (TPSA) is 65.7 Å². The predicted molar refractivity (Wildman–Crippen MR) is 82.3 cm³/mol. The molecule has 2 rings (SSSR count). The normalized spacial score (nSPS) is 10.3. The number of hydrogen-bond donors (Lipinski definition) is 2. The molecule has 4 nitrogen and oxygen atoms in total. The lowest BCUT2D eigenvalue weighted by atomic mass is 10.1. The zero-order valence-electron chi connectivity index (χ0n) is 12.4. The highest BCUT2D eigenvalue weighted by atomic mass is 16.1. The van der Waals surface area contributed by atoms with Gasteiger partial charge in [0.1, 0.15) is 0 Å². The van der Waals surface area contributed by atoms with Crippen molar-refractivity contribution in [2.24, 2.45) is 0 Å². The molecular weight excluding hydrogens is 252 g/mol. The van der Waals surface area contributed by atoms with Crippen LogP contribution in [0.2, 0.25) is 0 Å². The maximum atomic E-state index is 10.8. The molecule has 20 heavy (non-hydrogen) atoms. The summed E-state index contributed by atoms with van der Waals surface area (Å²) in [5.74, 6) is 0.794. The van der Waals surface area contributed by atoms with Crippen molar-refractivity contribution in [1.29, 1.82) is 0 Å². The van der Waals surface area contributed by atoms with Crippen molar-refractivity contribution in [2.45, 2.75) is 39.5 Å². The van der Waals surface area contributed by atoms with E-state index in [-0.39, 0.29) is 10.9 Å². The van der Waals surface area contributed by atoms with Crippen LogP contribution in [0.4, 0.5) is 0 Å². The van der Waals surface area contributed by atoms with Gasteiger partial charge in [-0.3, -0.25) is 9.59 Å². The zero-order chi connectivity index (χ0) is 15.1. The first-order chi connectivity index (χ1) is 9.40. The first-order valence-electron chi connectivity index (χ1n) is 6.77. The number of pyridine rings is 2. The molecule has 2 N–H and O–H groups in total. The molecule has 0 unspecified atom stereocenters. The highest BCUT2D eigenvalue weighted by Crippen LogP contribution is 2.07. The summed E-state index contributed by atoms with van der Waals surface area (Å²) in [4.78, 5) is 27.6. The number of aromatic nitrogens is 2. The lowest BCUT2D eigenvalue weighted by molar-refractivity contribution is 0.820. The number of H-pyrrole nitrogens is 2. The fourth-order valence-corrected chi connectivity index (χ4v) is 1.59. The van der Waals surface area contributed by atoms with E-state index in [1.165, 1.54) is 12.1 Å². The van der Waals surface area contributed by atoms with E-state index in [2.05, 4.69) is 9.97 Å². The molecule has 0 radical (unpaired) electrons. The quantitative estimate of drug-likeness (QED) is 0.884. The molecule has 2 heterocycles. The summed E-state index contributed by atoms with van der Waals surface area (Å²) < 4.78 is 0. The fraction of sp³-hybridized carbons (Fsp3) is 0.375. The molecular formula is C16H22N2O2. The van der Waals surface area contributed by atoms with Crippen LogP contribution in [0.25, 0.3) is 0 Å². The van der Waals surface area contributed by atoms with Crippen molar-refractivity contribution in [3.8, 4) is 0 Å². The van der Waals surface area contributed by atoms with Crippen LogP contribution < -0.4 is 10.9 Å². The highest BCUT2D eigenvalue weighted by molar-refractivity contribution is 5.08. The first-order valence-corrected chi connectivity index (χ1v) is 6.77. The highest BCUT2D eigenvalue weighted by Gasteiger charge is 1.97. The lowest BCUT2D eigenvalue weighted by Crippen LogP contribution is -2.01. The number of aromatic amines is 2. The van der Waals surface area contributed by atoms with E-state index >= 15 is 0 Å². The molecule has 0 saturated heterocycles. The molecule has 0 amide bonds. The Balaban J connectivity index is 0.000000200. The molecule has 0 atom stereocenters. The minimum absolute atomic E-state index is 0.0717. The van der Waals surface area contributed by atoms with Gasteiger partial charge in [0.25, 0.3) is 0 Å². The Bertz CT molecular complexity index is 581. The average molecular weight is 274 g/mol. The molecule has 2 aromatic heterocycles. The standard InChI is InChI=1S/2C8H11NO/c2*1-6(2)8-5-7(10)3-4-9-8/h2*3-6H,1-2H3,(H,9,10). The van der Waals surface area contributed by atoms with Crippen LogP contribution in [0.5, 0.6) is 0 Å². The van der Waals surface area contributed by atoms with Gasteiger partial charge in [-0.2, -0.15) is 0 Å². The Morgan fingerprint density at radius 2 is 1.10 bits per heavy atom. The predicted octanol–water partition coefficient (Wildman–Crippen LogP) is 3.00. The summed E-state index contributed by atoms with van der Waals surface area (Å²) in [6.07, 6.45) is 3.36. The SMILES string of the molecule is CC(C)c1cc(=O)cc[nH]1.CC(C)c1cc(=O)cc[nH]1. The lowest BCUT2D eigenvalue weighted by Gasteiger charge is -2.01. The Morgan fingerprint density at radius 1 is 0.750 bits per heavy atom. The van der Waals surface area contributed by atoms with Crippen LogP contribution in [0.1, 0.15) is 50.9 Å². The summed E-state index contributed by atoms with van der Waals surface area (Å²) in [7, 11) is 0. The molecule has 4 heteroatoms. The van der Waals surface area contributed by atoms with Gasteiger partial charge in [-0.15, -0.1) is 0 Å². The van der Waals surface area contributed by atoms with Gasteiger partial charge in [0.2, 0.25) is 0 Å². The van der Waals surface area contributed by atoms with Crippen molar-refractivity contribution in [2.75, 3.05) is 0 Å². The molecule has 0 fully saturated rings. The van der Waals surface area contributed by atoms with Crippen molar-refractivity contribution in [1.82, 2.24) is 9.97 Å². The van der Waals surface area contributed by atoms with Crippen LogP contribution in [0.15, 0.2) is 46.2 Å². The van der Waals surface area contributed by atoms with Crippen molar-refractivity contribution in [3.05, 3.63) is 68.5 Å². The van der Waals surface area contributed by atoms with E-state index in [1.807, 2.05) is 27.7 Å². The van der Waals surface area contributed by atoms with Gasteiger partial charge in [-0.05, 0) is 11.8 Å². The van der Waals surface area contributed by atoms with E-state index in [9.17, 15) is 9.59 Å². The first kappa shape index (κ1) is 16.0. The number of nitrogens with one attached hydrogen (secondary N) is 2. The van der Waals surface area contributed by atoms with Crippen molar-refractivity contribution >= 4 is 0 Å². The maximum Gasteiger partial charge on any atom is 0.181 e. The summed E-state index contributed by atoms with van der Waals surface area (Å²) in [6.45, 7) is 8.19. The van der Waals surface area contributed by atoms with Gasteiger partial charge in [0.15, 0.2) is 10.9 Å². The van der Waals surface area contributed by atoms with Crippen molar-refractivity contribution < 1.29 is 0 Å². The molecule has 0 aliphatic rings. The molecule has 0 aliphatic carbocycles. The number of hydrogen-bond acceptors (Lipinski definition) is 2. The van der Waals surface area contributed by atoms with Gasteiger partial charge in [0.05, 0.1) is 0 Å². The van der Waals surface area contributed by atoms with Gasteiger partial charge in [-0.1, -0.05) is 27.7 Å². The largest absolute Gasteiger partial charge is 0.365 e. The second kappa shape index (κ2) is 7.48. The Labute approximate surface area is 118 Å². The van der Waals surface area contributed by atoms with Gasteiger partial charge in [-0.25, -0.2) is 0 Å². The van der Waals surface area contributed by atoms with E-state index in [4.69, 9.17) is 0 Å². The molecule has 0 bridgehead atoms. The third kappa shape index (κ3) is 5.26. The van der Waals surface area contributed by atoms with Gasteiger partial charge < -0.3 is 9.97 Å². The Hall–Kier alpha value is -2.10. The summed E-state index contributed by atoms with van der Waals surface area (Å²) in [5, 5.41) is 0.